The van der Waals surface area contributed by atoms with Crippen LogP contribution in [0.25, 0.3) is 0 Å². The molecule has 0 aliphatic carbocycles. The third-order valence-electron chi connectivity index (χ3n) is 1.75. The van der Waals surface area contributed by atoms with Crippen molar-refractivity contribution in [3.05, 3.63) is 21.3 Å². The molecule has 0 spiro atoms. The van der Waals surface area contributed by atoms with E-state index in [1.54, 1.807) is 11.4 Å². The number of thiol groups is 1. The lowest BCUT2D eigenvalue weighted by Crippen LogP contribution is -2.18. The van der Waals surface area contributed by atoms with E-state index in [1.165, 1.54) is 11.3 Å². The number of aliphatic hydroxyl groups excluding tert-OH is 2. The van der Waals surface area contributed by atoms with Crippen LogP contribution in [0.2, 0.25) is 4.34 Å². The normalized spacial score (nSPS) is 15.7. The Morgan fingerprint density at radius 3 is 2.69 bits per heavy atom. The maximum absolute atomic E-state index is 9.63. The largest absolute Gasteiger partial charge is 0.390 e. The second-order valence-corrected chi connectivity index (χ2v) is 4.64. The SMILES string of the molecule is OC(CCS)C(O)c1ccsc1Cl. The average Bonchev–Trinajstić information content (AvgIpc) is 2.50. The molecular weight excluding hydrogens is 228 g/mol. The van der Waals surface area contributed by atoms with Crippen molar-refractivity contribution in [3.8, 4) is 0 Å². The third kappa shape index (κ3) is 2.86. The highest BCUT2D eigenvalue weighted by Crippen LogP contribution is 2.30. The van der Waals surface area contributed by atoms with Gasteiger partial charge in [0.05, 0.1) is 10.4 Å². The van der Waals surface area contributed by atoms with Gasteiger partial charge in [0.25, 0.3) is 0 Å². The van der Waals surface area contributed by atoms with Gasteiger partial charge in [0.1, 0.15) is 6.10 Å². The van der Waals surface area contributed by atoms with Crippen molar-refractivity contribution < 1.29 is 10.2 Å². The first-order valence-electron chi connectivity index (χ1n) is 3.86. The topological polar surface area (TPSA) is 40.5 Å². The molecule has 1 aromatic heterocycles. The van der Waals surface area contributed by atoms with E-state index < -0.39 is 12.2 Å². The highest BCUT2D eigenvalue weighted by molar-refractivity contribution is 7.80. The number of rotatable bonds is 4. The zero-order valence-electron chi connectivity index (χ0n) is 6.85. The van der Waals surface area contributed by atoms with Gasteiger partial charge in [-0.2, -0.15) is 12.6 Å². The summed E-state index contributed by atoms with van der Waals surface area (Å²) in [5, 5.41) is 20.9. The van der Waals surface area contributed by atoms with Gasteiger partial charge in [0.2, 0.25) is 0 Å². The van der Waals surface area contributed by atoms with Crippen molar-refractivity contribution in [2.45, 2.75) is 18.6 Å². The first-order valence-corrected chi connectivity index (χ1v) is 5.75. The summed E-state index contributed by atoms with van der Waals surface area (Å²) < 4.78 is 0.533. The molecule has 0 aliphatic heterocycles. The quantitative estimate of drug-likeness (QED) is 0.704. The maximum atomic E-state index is 9.63. The molecule has 1 heterocycles. The summed E-state index contributed by atoms with van der Waals surface area (Å²) in [7, 11) is 0. The number of aliphatic hydroxyl groups is 2. The van der Waals surface area contributed by atoms with Crippen LogP contribution in [0.3, 0.4) is 0 Å². The molecule has 0 bridgehead atoms. The molecule has 1 rings (SSSR count). The van der Waals surface area contributed by atoms with Gasteiger partial charge in [0, 0.05) is 5.56 Å². The van der Waals surface area contributed by atoms with Crippen LogP contribution < -0.4 is 0 Å². The number of hydrogen-bond acceptors (Lipinski definition) is 4. The minimum atomic E-state index is -0.897. The summed E-state index contributed by atoms with van der Waals surface area (Å²) in [4.78, 5) is 0. The van der Waals surface area contributed by atoms with E-state index in [-0.39, 0.29) is 0 Å². The fourth-order valence-electron chi connectivity index (χ4n) is 1.01. The fraction of sp³-hybridized carbons (Fsp3) is 0.500. The predicted molar refractivity (Wildman–Crippen MR) is 58.8 cm³/mol. The molecule has 0 radical (unpaired) electrons. The van der Waals surface area contributed by atoms with Crippen molar-refractivity contribution in [3.63, 3.8) is 0 Å². The zero-order valence-corrected chi connectivity index (χ0v) is 9.32. The fourth-order valence-corrected chi connectivity index (χ4v) is 2.27. The summed E-state index contributed by atoms with van der Waals surface area (Å²) in [6.07, 6.45) is -1.23. The van der Waals surface area contributed by atoms with E-state index in [2.05, 4.69) is 12.6 Å². The number of halogens is 1. The van der Waals surface area contributed by atoms with E-state index >= 15 is 0 Å². The van der Waals surface area contributed by atoms with Gasteiger partial charge in [-0.15, -0.1) is 11.3 Å². The molecule has 13 heavy (non-hydrogen) atoms. The molecule has 0 saturated heterocycles. The van der Waals surface area contributed by atoms with Crippen LogP contribution in [-0.4, -0.2) is 22.1 Å². The second kappa shape index (κ2) is 5.22. The van der Waals surface area contributed by atoms with Crippen molar-refractivity contribution in [1.29, 1.82) is 0 Å². The molecule has 2 nitrogen and oxygen atoms in total. The predicted octanol–water partition coefficient (Wildman–Crippen LogP) is 2.12. The minimum Gasteiger partial charge on any atom is -0.390 e. The molecule has 2 atom stereocenters. The summed E-state index contributed by atoms with van der Waals surface area (Å²) >= 11 is 11.1. The Morgan fingerprint density at radius 2 is 2.23 bits per heavy atom. The molecule has 1 aromatic rings. The van der Waals surface area contributed by atoms with Crippen molar-refractivity contribution in [2.24, 2.45) is 0 Å². The van der Waals surface area contributed by atoms with Gasteiger partial charge in [-0.3, -0.25) is 0 Å². The van der Waals surface area contributed by atoms with Crippen molar-refractivity contribution in [2.75, 3.05) is 5.75 Å². The molecule has 0 aromatic carbocycles. The molecule has 2 N–H and O–H groups in total. The first kappa shape index (κ1) is 11.3. The van der Waals surface area contributed by atoms with Crippen LogP contribution in [0.5, 0.6) is 0 Å². The van der Waals surface area contributed by atoms with Crippen LogP contribution in [0.1, 0.15) is 18.1 Å². The Morgan fingerprint density at radius 1 is 1.54 bits per heavy atom. The van der Waals surface area contributed by atoms with Crippen molar-refractivity contribution >= 4 is 35.6 Å². The summed E-state index contributed by atoms with van der Waals surface area (Å²) in [6.45, 7) is 0. The van der Waals surface area contributed by atoms with E-state index in [9.17, 15) is 10.2 Å². The van der Waals surface area contributed by atoms with Gasteiger partial charge in [-0.1, -0.05) is 11.6 Å². The summed E-state index contributed by atoms with van der Waals surface area (Å²) in [5.74, 6) is 0.542. The molecule has 5 heteroatoms. The zero-order chi connectivity index (χ0) is 9.84. The molecule has 74 valence electrons. The summed E-state index contributed by atoms with van der Waals surface area (Å²) in [5.41, 5.74) is 0.598. The Hall–Kier alpha value is 0.260. The molecule has 0 amide bonds. The second-order valence-electron chi connectivity index (χ2n) is 2.67. The van der Waals surface area contributed by atoms with Gasteiger partial charge in [0.15, 0.2) is 0 Å². The van der Waals surface area contributed by atoms with Gasteiger partial charge in [-0.25, -0.2) is 0 Å². The lowest BCUT2D eigenvalue weighted by molar-refractivity contribution is 0.0175. The third-order valence-corrected chi connectivity index (χ3v) is 3.21. The smallest absolute Gasteiger partial charge is 0.107 e. The van der Waals surface area contributed by atoms with E-state index in [0.717, 1.165) is 0 Å². The maximum Gasteiger partial charge on any atom is 0.107 e. The van der Waals surface area contributed by atoms with Gasteiger partial charge >= 0.3 is 0 Å². The molecule has 0 saturated carbocycles. The standard InChI is InChI=1S/C8H11ClO2S2/c9-8-5(2-4-13-8)7(11)6(10)1-3-12/h2,4,6-7,10-12H,1,3H2. The van der Waals surface area contributed by atoms with Gasteiger partial charge < -0.3 is 10.2 Å². The van der Waals surface area contributed by atoms with Crippen molar-refractivity contribution in [1.82, 2.24) is 0 Å². The Kier molecular flexibility index (Phi) is 4.55. The lowest BCUT2D eigenvalue weighted by atomic mass is 10.1. The summed E-state index contributed by atoms with van der Waals surface area (Å²) in [6, 6.07) is 1.72. The van der Waals surface area contributed by atoms with Crippen LogP contribution >= 0.6 is 35.6 Å². The Balaban J connectivity index is 2.67. The monoisotopic (exact) mass is 238 g/mol. The highest BCUT2D eigenvalue weighted by Gasteiger charge is 2.20. The van der Waals surface area contributed by atoms with E-state index in [1.807, 2.05) is 0 Å². The number of hydrogen-bond donors (Lipinski definition) is 3. The average molecular weight is 239 g/mol. The molecule has 0 fully saturated rings. The van der Waals surface area contributed by atoms with Crippen LogP contribution in [-0.2, 0) is 0 Å². The van der Waals surface area contributed by atoms with E-state index in [0.29, 0.717) is 22.1 Å². The molecule has 2 unspecified atom stereocenters. The molecular formula is C8H11ClO2S2. The van der Waals surface area contributed by atoms with Crippen LogP contribution in [0.4, 0.5) is 0 Å². The Labute approximate surface area is 91.6 Å². The van der Waals surface area contributed by atoms with Gasteiger partial charge in [-0.05, 0) is 23.6 Å². The van der Waals surface area contributed by atoms with Crippen LogP contribution in [0.15, 0.2) is 11.4 Å². The Bertz CT molecular complexity index is 264. The van der Waals surface area contributed by atoms with Crippen LogP contribution in [0, 0.1) is 0 Å². The van der Waals surface area contributed by atoms with E-state index in [4.69, 9.17) is 11.6 Å². The lowest BCUT2D eigenvalue weighted by Gasteiger charge is -2.16. The highest BCUT2D eigenvalue weighted by atomic mass is 35.5. The number of thiophene rings is 1. The first-order chi connectivity index (χ1) is 6.16. The minimum absolute atomic E-state index is 0.455. The molecule has 0 aliphatic rings.